The van der Waals surface area contributed by atoms with Crippen molar-refractivity contribution in [1.29, 1.82) is 0 Å². The molecule has 0 aliphatic heterocycles. The van der Waals surface area contributed by atoms with Crippen LogP contribution >= 0.6 is 0 Å². The fourth-order valence-electron chi connectivity index (χ4n) is 8.54. The quantitative estimate of drug-likeness (QED) is 0.0321. The minimum absolute atomic E-state index is 0.0602. The molecule has 62 heavy (non-hydrogen) atoms. The smallest absolute Gasteiger partial charge is 0.306 e. The van der Waals surface area contributed by atoms with Crippen LogP contribution in [-0.4, -0.2) is 46.9 Å². The number of carbonyl (C=O) groups is 2. The summed E-state index contributed by atoms with van der Waals surface area (Å²) < 4.78 is 5.92. The number of rotatable bonds is 50. The van der Waals surface area contributed by atoms with Crippen LogP contribution in [0.25, 0.3) is 0 Å². The first-order valence-corrected chi connectivity index (χ1v) is 27.6. The molecule has 0 fully saturated rings. The maximum atomic E-state index is 13.2. The summed E-state index contributed by atoms with van der Waals surface area (Å²) in [6, 6.07) is -0.706. The average Bonchev–Trinajstić information content (AvgIpc) is 3.26. The van der Waals surface area contributed by atoms with Crippen molar-refractivity contribution in [2.45, 2.75) is 315 Å². The third kappa shape index (κ3) is 44.9. The van der Waals surface area contributed by atoms with E-state index in [1.54, 1.807) is 0 Å². The van der Waals surface area contributed by atoms with Crippen molar-refractivity contribution >= 4 is 11.9 Å². The van der Waals surface area contributed by atoms with Crippen molar-refractivity contribution in [2.24, 2.45) is 0 Å². The first-order chi connectivity index (χ1) is 30.5. The Balaban J connectivity index is 4.47. The van der Waals surface area contributed by atoms with E-state index in [2.05, 4.69) is 50.4 Å². The monoisotopic (exact) mass is 874 g/mol. The van der Waals surface area contributed by atoms with Crippen LogP contribution in [0.3, 0.4) is 0 Å². The summed E-state index contributed by atoms with van der Waals surface area (Å²) in [4.78, 5) is 26.2. The zero-order valence-corrected chi connectivity index (χ0v) is 41.8. The Labute approximate surface area is 386 Å². The Hall–Kier alpha value is -1.66. The van der Waals surface area contributed by atoms with Crippen LogP contribution in [-0.2, 0) is 14.3 Å². The topological polar surface area (TPSA) is 95.9 Å². The molecule has 6 heteroatoms. The molecule has 366 valence electrons. The molecule has 6 nitrogen and oxygen atoms in total. The number of aliphatic hydroxyl groups is 2. The van der Waals surface area contributed by atoms with Crippen molar-refractivity contribution in [2.75, 3.05) is 6.61 Å². The average molecular weight is 874 g/mol. The van der Waals surface area contributed by atoms with E-state index in [4.69, 9.17) is 4.74 Å². The highest BCUT2D eigenvalue weighted by molar-refractivity contribution is 5.77. The van der Waals surface area contributed by atoms with E-state index in [1.807, 2.05) is 0 Å². The van der Waals surface area contributed by atoms with Crippen LogP contribution in [0, 0.1) is 0 Å². The Morgan fingerprint density at radius 2 is 0.790 bits per heavy atom. The number of carbonyl (C=O) groups excluding carboxylic acids is 2. The molecule has 0 spiro atoms. The van der Waals surface area contributed by atoms with Crippen molar-refractivity contribution in [3.63, 3.8) is 0 Å². The number of esters is 1. The molecule has 0 aromatic carbocycles. The second kappa shape index (κ2) is 50.3. The lowest BCUT2D eigenvalue weighted by Gasteiger charge is -2.24. The predicted molar refractivity (Wildman–Crippen MR) is 269 cm³/mol. The second-order valence-electron chi connectivity index (χ2n) is 19.0. The standard InChI is InChI=1S/C56H107NO5/c1-4-7-10-13-16-19-22-24-25-26-27-28-29-31-34-37-40-43-46-49-56(61)62-52(47-44-41-38-35-32-21-18-15-12-9-6-3)50-55(60)57-53(51-58)54(59)48-45-42-39-36-33-30-23-20-17-14-11-8-5-2/h24-25,35,38,52-54,58-59H,4-23,26-34,36-37,39-51H2,1-3H3,(H,57,60)/b25-24+,38-35-. The lowest BCUT2D eigenvalue weighted by molar-refractivity contribution is -0.151. The van der Waals surface area contributed by atoms with Gasteiger partial charge in [0, 0.05) is 6.42 Å². The minimum Gasteiger partial charge on any atom is -0.462 e. The Morgan fingerprint density at radius 1 is 0.452 bits per heavy atom. The van der Waals surface area contributed by atoms with E-state index in [0.29, 0.717) is 19.3 Å². The zero-order chi connectivity index (χ0) is 45.2. The molecule has 3 unspecified atom stereocenters. The SMILES string of the molecule is CCCCCCCC/C=C\CCCC(CC(=O)NC(CO)C(O)CCCCCCCCCCCCCCC)OC(=O)CCCCCCCCCCC/C=C/CCCCCCCC. The first-order valence-electron chi connectivity index (χ1n) is 27.6. The first kappa shape index (κ1) is 60.3. The van der Waals surface area contributed by atoms with Gasteiger partial charge in [0.05, 0.1) is 25.2 Å². The molecule has 0 saturated carbocycles. The normalized spacial score (nSPS) is 13.3. The number of allylic oxidation sites excluding steroid dienone is 4. The number of aliphatic hydroxyl groups excluding tert-OH is 2. The maximum Gasteiger partial charge on any atom is 0.306 e. The molecule has 0 rings (SSSR count). The van der Waals surface area contributed by atoms with Gasteiger partial charge >= 0.3 is 5.97 Å². The third-order valence-corrected chi connectivity index (χ3v) is 12.8. The van der Waals surface area contributed by atoms with Crippen molar-refractivity contribution in [1.82, 2.24) is 5.32 Å². The van der Waals surface area contributed by atoms with Gasteiger partial charge in [0.1, 0.15) is 6.10 Å². The molecule has 0 aliphatic rings. The van der Waals surface area contributed by atoms with Gasteiger partial charge < -0.3 is 20.3 Å². The van der Waals surface area contributed by atoms with Gasteiger partial charge in [0.2, 0.25) is 5.91 Å². The highest BCUT2D eigenvalue weighted by atomic mass is 16.5. The maximum absolute atomic E-state index is 13.2. The van der Waals surface area contributed by atoms with Crippen molar-refractivity contribution in [3.05, 3.63) is 24.3 Å². The van der Waals surface area contributed by atoms with Gasteiger partial charge in [0.25, 0.3) is 0 Å². The Kier molecular flexibility index (Phi) is 49.0. The molecule has 0 aliphatic carbocycles. The summed E-state index contributed by atoms with van der Waals surface area (Å²) in [6.07, 6.45) is 58.2. The van der Waals surface area contributed by atoms with Gasteiger partial charge in [-0.2, -0.15) is 0 Å². The fraction of sp³-hybridized carbons (Fsp3) is 0.893. The fourth-order valence-corrected chi connectivity index (χ4v) is 8.54. The van der Waals surface area contributed by atoms with Gasteiger partial charge in [-0.15, -0.1) is 0 Å². The molecule has 3 atom stereocenters. The highest BCUT2D eigenvalue weighted by Gasteiger charge is 2.24. The molecule has 3 N–H and O–H groups in total. The lowest BCUT2D eigenvalue weighted by Crippen LogP contribution is -2.46. The van der Waals surface area contributed by atoms with E-state index in [-0.39, 0.29) is 24.9 Å². The third-order valence-electron chi connectivity index (χ3n) is 12.8. The minimum atomic E-state index is -0.791. The van der Waals surface area contributed by atoms with Crippen LogP contribution in [0.15, 0.2) is 24.3 Å². The Bertz CT molecular complexity index is 981. The van der Waals surface area contributed by atoms with E-state index in [0.717, 1.165) is 51.4 Å². The molecule has 0 saturated heterocycles. The van der Waals surface area contributed by atoms with Crippen LogP contribution in [0.2, 0.25) is 0 Å². The summed E-state index contributed by atoms with van der Waals surface area (Å²) in [5, 5.41) is 23.8. The van der Waals surface area contributed by atoms with Crippen molar-refractivity contribution in [3.8, 4) is 0 Å². The number of nitrogens with one attached hydrogen (secondary N) is 1. The number of hydrogen-bond acceptors (Lipinski definition) is 5. The zero-order valence-electron chi connectivity index (χ0n) is 41.8. The van der Waals surface area contributed by atoms with E-state index < -0.39 is 18.2 Å². The van der Waals surface area contributed by atoms with Gasteiger partial charge in [-0.3, -0.25) is 9.59 Å². The molecular weight excluding hydrogens is 767 g/mol. The van der Waals surface area contributed by atoms with Crippen LogP contribution in [0.4, 0.5) is 0 Å². The molecular formula is C56H107NO5. The number of ether oxygens (including phenoxy) is 1. The van der Waals surface area contributed by atoms with E-state index in [9.17, 15) is 19.8 Å². The number of unbranched alkanes of at least 4 members (excludes halogenated alkanes) is 34. The number of hydrogen-bond donors (Lipinski definition) is 3. The largest absolute Gasteiger partial charge is 0.462 e. The van der Waals surface area contributed by atoms with Gasteiger partial charge in [-0.25, -0.2) is 0 Å². The Morgan fingerprint density at radius 3 is 1.18 bits per heavy atom. The predicted octanol–water partition coefficient (Wildman–Crippen LogP) is 16.7. The molecule has 0 radical (unpaired) electrons. The summed E-state index contributed by atoms with van der Waals surface area (Å²) in [5.74, 6) is -0.492. The van der Waals surface area contributed by atoms with E-state index >= 15 is 0 Å². The van der Waals surface area contributed by atoms with Gasteiger partial charge in [-0.05, 0) is 70.6 Å². The lowest BCUT2D eigenvalue weighted by atomic mass is 10.0. The van der Waals surface area contributed by atoms with Gasteiger partial charge in [0.15, 0.2) is 0 Å². The summed E-state index contributed by atoms with van der Waals surface area (Å²) in [5.41, 5.74) is 0. The molecule has 0 aromatic rings. The van der Waals surface area contributed by atoms with Crippen LogP contribution in [0.5, 0.6) is 0 Å². The van der Waals surface area contributed by atoms with Gasteiger partial charge in [-0.1, -0.05) is 238 Å². The number of amides is 1. The summed E-state index contributed by atoms with van der Waals surface area (Å²) in [6.45, 7) is 6.48. The van der Waals surface area contributed by atoms with Crippen LogP contribution in [0.1, 0.15) is 297 Å². The molecule has 0 heterocycles. The second-order valence-corrected chi connectivity index (χ2v) is 19.0. The van der Waals surface area contributed by atoms with E-state index in [1.165, 1.54) is 199 Å². The molecule has 0 bridgehead atoms. The molecule has 0 aromatic heterocycles. The van der Waals surface area contributed by atoms with Crippen LogP contribution < -0.4 is 5.32 Å². The van der Waals surface area contributed by atoms with Crippen molar-refractivity contribution < 1.29 is 24.5 Å². The highest BCUT2D eigenvalue weighted by Crippen LogP contribution is 2.18. The summed E-state index contributed by atoms with van der Waals surface area (Å²) >= 11 is 0. The summed E-state index contributed by atoms with van der Waals surface area (Å²) in [7, 11) is 0. The molecule has 1 amide bonds.